The van der Waals surface area contributed by atoms with Crippen molar-refractivity contribution in [1.82, 2.24) is 0 Å². The number of hydrogen-bond acceptors (Lipinski definition) is 3. The Balaban J connectivity index is 2.76. The highest BCUT2D eigenvalue weighted by Crippen LogP contribution is 2.25. The van der Waals surface area contributed by atoms with Crippen LogP contribution in [0.5, 0.6) is 5.75 Å². The maximum absolute atomic E-state index is 11.8. The van der Waals surface area contributed by atoms with Crippen LogP contribution in [0.15, 0.2) is 24.3 Å². The number of benzene rings is 1. The van der Waals surface area contributed by atoms with Gasteiger partial charge in [-0.15, -0.1) is 13.2 Å². The highest BCUT2D eigenvalue weighted by Gasteiger charge is 2.31. The summed E-state index contributed by atoms with van der Waals surface area (Å²) in [6.07, 6.45) is -6.85. The minimum absolute atomic E-state index is 0.324. The molecule has 0 aliphatic carbocycles. The molecule has 16 heavy (non-hydrogen) atoms. The number of aliphatic hydroxyl groups is 2. The van der Waals surface area contributed by atoms with E-state index < -0.39 is 18.6 Å². The van der Waals surface area contributed by atoms with Gasteiger partial charge < -0.3 is 14.9 Å². The first-order valence-electron chi connectivity index (χ1n) is 4.51. The van der Waals surface area contributed by atoms with Crippen LogP contribution in [0, 0.1) is 0 Å². The second kappa shape index (κ2) is 4.71. The van der Waals surface area contributed by atoms with E-state index in [4.69, 9.17) is 5.11 Å². The van der Waals surface area contributed by atoms with Crippen molar-refractivity contribution < 1.29 is 28.1 Å². The van der Waals surface area contributed by atoms with Gasteiger partial charge >= 0.3 is 6.36 Å². The van der Waals surface area contributed by atoms with Crippen molar-refractivity contribution in [2.75, 3.05) is 0 Å². The van der Waals surface area contributed by atoms with Gasteiger partial charge in [0, 0.05) is 0 Å². The van der Waals surface area contributed by atoms with E-state index in [2.05, 4.69) is 4.74 Å². The Morgan fingerprint density at radius 3 is 2.00 bits per heavy atom. The summed E-state index contributed by atoms with van der Waals surface area (Å²) in [4.78, 5) is 0. The SMILES string of the molecule is CC(O)C(O)c1ccc(OC(F)(F)F)cc1. The fourth-order valence-electron chi connectivity index (χ4n) is 1.15. The molecule has 0 bridgehead atoms. The molecule has 1 aromatic rings. The molecule has 3 nitrogen and oxygen atoms in total. The van der Waals surface area contributed by atoms with Gasteiger partial charge in [0.15, 0.2) is 0 Å². The van der Waals surface area contributed by atoms with Gasteiger partial charge in [-0.1, -0.05) is 12.1 Å². The molecule has 2 atom stereocenters. The van der Waals surface area contributed by atoms with Crippen LogP contribution >= 0.6 is 0 Å². The minimum atomic E-state index is -4.73. The third-order valence-corrected chi connectivity index (χ3v) is 1.91. The molecule has 90 valence electrons. The molecule has 0 saturated heterocycles. The third kappa shape index (κ3) is 3.71. The van der Waals surface area contributed by atoms with Gasteiger partial charge in [0.25, 0.3) is 0 Å². The Kier molecular flexibility index (Phi) is 3.77. The molecule has 2 N–H and O–H groups in total. The van der Waals surface area contributed by atoms with Crippen molar-refractivity contribution in [3.05, 3.63) is 29.8 Å². The Morgan fingerprint density at radius 2 is 1.62 bits per heavy atom. The van der Waals surface area contributed by atoms with Gasteiger partial charge in [-0.3, -0.25) is 0 Å². The van der Waals surface area contributed by atoms with Crippen LogP contribution in [-0.2, 0) is 0 Å². The van der Waals surface area contributed by atoms with Crippen molar-refractivity contribution in [3.8, 4) is 5.75 Å². The zero-order valence-electron chi connectivity index (χ0n) is 8.40. The van der Waals surface area contributed by atoms with Crippen LogP contribution in [0.3, 0.4) is 0 Å². The van der Waals surface area contributed by atoms with Crippen LogP contribution in [0.1, 0.15) is 18.6 Å². The third-order valence-electron chi connectivity index (χ3n) is 1.91. The van der Waals surface area contributed by atoms with Gasteiger partial charge in [0.05, 0.1) is 6.10 Å². The molecule has 0 aliphatic rings. The van der Waals surface area contributed by atoms with Crippen molar-refractivity contribution >= 4 is 0 Å². The maximum atomic E-state index is 11.8. The first-order valence-corrected chi connectivity index (χ1v) is 4.51. The quantitative estimate of drug-likeness (QED) is 0.843. The van der Waals surface area contributed by atoms with Gasteiger partial charge in [-0.05, 0) is 24.6 Å². The summed E-state index contributed by atoms with van der Waals surface area (Å²) >= 11 is 0. The van der Waals surface area contributed by atoms with E-state index in [9.17, 15) is 18.3 Å². The molecule has 0 saturated carbocycles. The Morgan fingerprint density at radius 1 is 1.12 bits per heavy atom. The molecule has 0 radical (unpaired) electrons. The van der Waals surface area contributed by atoms with Crippen molar-refractivity contribution in [1.29, 1.82) is 0 Å². The van der Waals surface area contributed by atoms with Crippen LogP contribution in [-0.4, -0.2) is 22.7 Å². The predicted molar refractivity (Wildman–Crippen MR) is 49.8 cm³/mol. The second-order valence-electron chi connectivity index (χ2n) is 3.30. The number of rotatable bonds is 3. The molecule has 1 aromatic carbocycles. The van der Waals surface area contributed by atoms with Crippen molar-refractivity contribution in [2.24, 2.45) is 0 Å². The van der Waals surface area contributed by atoms with Gasteiger partial charge in [-0.25, -0.2) is 0 Å². The largest absolute Gasteiger partial charge is 0.573 e. The molecule has 0 spiro atoms. The topological polar surface area (TPSA) is 49.7 Å². The predicted octanol–water partition coefficient (Wildman–Crippen LogP) is 2.00. The van der Waals surface area contributed by atoms with E-state index in [-0.39, 0.29) is 5.75 Å². The summed E-state index contributed by atoms with van der Waals surface area (Å²) in [5.74, 6) is -0.367. The fraction of sp³-hybridized carbons (Fsp3) is 0.400. The number of aliphatic hydroxyl groups excluding tert-OH is 2. The molecule has 0 aromatic heterocycles. The lowest BCUT2D eigenvalue weighted by molar-refractivity contribution is -0.274. The molecule has 2 unspecified atom stereocenters. The van der Waals surface area contributed by atoms with E-state index in [1.165, 1.54) is 19.1 Å². The van der Waals surface area contributed by atoms with Crippen LogP contribution in [0.25, 0.3) is 0 Å². The Hall–Kier alpha value is -1.27. The average Bonchev–Trinajstić information content (AvgIpc) is 2.15. The van der Waals surface area contributed by atoms with Crippen molar-refractivity contribution in [2.45, 2.75) is 25.5 Å². The standard InChI is InChI=1S/C10H11F3O3/c1-6(14)9(15)7-2-4-8(5-3-7)16-10(11,12)13/h2-6,9,14-15H,1H3. The fourth-order valence-corrected chi connectivity index (χ4v) is 1.15. The van der Waals surface area contributed by atoms with Gasteiger partial charge in [-0.2, -0.15) is 0 Å². The molecular weight excluding hydrogens is 225 g/mol. The van der Waals surface area contributed by atoms with Crippen molar-refractivity contribution in [3.63, 3.8) is 0 Å². The molecule has 6 heteroatoms. The monoisotopic (exact) mass is 236 g/mol. The van der Waals surface area contributed by atoms with E-state index in [1.807, 2.05) is 0 Å². The summed E-state index contributed by atoms with van der Waals surface area (Å²) in [5.41, 5.74) is 0.324. The highest BCUT2D eigenvalue weighted by molar-refractivity contribution is 5.29. The first-order chi connectivity index (χ1) is 7.29. The molecular formula is C10H11F3O3. The first kappa shape index (κ1) is 12.8. The minimum Gasteiger partial charge on any atom is -0.406 e. The lowest BCUT2D eigenvalue weighted by Gasteiger charge is -2.14. The molecule has 0 fully saturated rings. The molecule has 0 heterocycles. The summed E-state index contributed by atoms with van der Waals surface area (Å²) < 4.78 is 39.1. The smallest absolute Gasteiger partial charge is 0.406 e. The summed E-state index contributed by atoms with van der Waals surface area (Å²) in [5, 5.41) is 18.5. The lowest BCUT2D eigenvalue weighted by atomic mass is 10.1. The van der Waals surface area contributed by atoms with E-state index >= 15 is 0 Å². The number of ether oxygens (including phenoxy) is 1. The number of hydrogen-bond donors (Lipinski definition) is 2. The van der Waals surface area contributed by atoms with E-state index in [0.29, 0.717) is 5.56 Å². The molecule has 0 aliphatic heterocycles. The average molecular weight is 236 g/mol. The van der Waals surface area contributed by atoms with Crippen LogP contribution in [0.2, 0.25) is 0 Å². The number of halogens is 3. The second-order valence-corrected chi connectivity index (χ2v) is 3.30. The van der Waals surface area contributed by atoms with Gasteiger partial charge in [0.2, 0.25) is 0 Å². The summed E-state index contributed by atoms with van der Waals surface area (Å²) in [6.45, 7) is 1.38. The van der Waals surface area contributed by atoms with Crippen LogP contribution in [0.4, 0.5) is 13.2 Å². The normalized spacial score (nSPS) is 15.6. The number of alkyl halides is 3. The van der Waals surface area contributed by atoms with Crippen LogP contribution < -0.4 is 4.74 Å². The zero-order valence-corrected chi connectivity index (χ0v) is 8.40. The lowest BCUT2D eigenvalue weighted by Crippen LogP contribution is -2.17. The molecule has 1 rings (SSSR count). The van der Waals surface area contributed by atoms with Gasteiger partial charge in [0.1, 0.15) is 11.9 Å². The zero-order chi connectivity index (χ0) is 12.3. The Bertz CT molecular complexity index is 332. The van der Waals surface area contributed by atoms with E-state index in [0.717, 1.165) is 12.1 Å². The highest BCUT2D eigenvalue weighted by atomic mass is 19.4. The maximum Gasteiger partial charge on any atom is 0.573 e. The Labute approximate surface area is 90.1 Å². The summed E-state index contributed by atoms with van der Waals surface area (Å²) in [6, 6.07) is 4.68. The molecule has 0 amide bonds. The summed E-state index contributed by atoms with van der Waals surface area (Å²) in [7, 11) is 0. The van der Waals surface area contributed by atoms with E-state index in [1.54, 1.807) is 0 Å².